The third-order valence-corrected chi connectivity index (χ3v) is 4.53. The third kappa shape index (κ3) is 3.20. The van der Waals surface area contributed by atoms with Gasteiger partial charge in [-0.05, 0) is 36.5 Å². The molecule has 7 heteroatoms. The van der Waals surface area contributed by atoms with Gasteiger partial charge in [-0.2, -0.15) is 4.68 Å². The lowest BCUT2D eigenvalue weighted by Crippen LogP contribution is -2.27. The Kier molecular flexibility index (Phi) is 4.55. The molecule has 0 saturated heterocycles. The highest BCUT2D eigenvalue weighted by Crippen LogP contribution is 2.19. The molecule has 1 unspecified atom stereocenters. The van der Waals surface area contributed by atoms with Crippen LogP contribution in [0.1, 0.15) is 23.8 Å². The fourth-order valence-corrected chi connectivity index (χ4v) is 2.86. The number of tetrazole rings is 1. The van der Waals surface area contributed by atoms with Gasteiger partial charge in [-0.15, -0.1) is 16.4 Å². The molecule has 6 nitrogen and oxygen atoms in total. The van der Waals surface area contributed by atoms with Gasteiger partial charge in [-0.3, -0.25) is 4.90 Å². The summed E-state index contributed by atoms with van der Waals surface area (Å²) in [6.07, 6.45) is 2.78. The molecule has 2 aromatic heterocycles. The van der Waals surface area contributed by atoms with Crippen LogP contribution in [-0.4, -0.2) is 43.7 Å². The SMILES string of the molecule is CC(c1nnnn1-c1ccccc1)N(C)CCc1nccs1. The molecule has 0 spiro atoms. The van der Waals surface area contributed by atoms with Gasteiger partial charge in [-0.1, -0.05) is 18.2 Å². The number of benzene rings is 1. The fraction of sp³-hybridized carbons (Fsp3) is 0.333. The largest absolute Gasteiger partial charge is 0.296 e. The van der Waals surface area contributed by atoms with Crippen LogP contribution in [0, 0.1) is 0 Å². The van der Waals surface area contributed by atoms with Crippen molar-refractivity contribution in [1.29, 1.82) is 0 Å². The number of likely N-dealkylation sites (N-methyl/N-ethyl adjacent to an activating group) is 1. The number of thiazole rings is 1. The van der Waals surface area contributed by atoms with Gasteiger partial charge in [0.15, 0.2) is 5.82 Å². The number of hydrogen-bond donors (Lipinski definition) is 0. The van der Waals surface area contributed by atoms with Crippen molar-refractivity contribution in [3.63, 3.8) is 0 Å². The second-order valence-electron chi connectivity index (χ2n) is 5.12. The predicted molar refractivity (Wildman–Crippen MR) is 86.0 cm³/mol. The van der Waals surface area contributed by atoms with Crippen LogP contribution in [0.25, 0.3) is 5.69 Å². The Morgan fingerprint density at radius 2 is 2.09 bits per heavy atom. The minimum Gasteiger partial charge on any atom is -0.296 e. The zero-order valence-corrected chi connectivity index (χ0v) is 13.4. The van der Waals surface area contributed by atoms with Crippen LogP contribution in [0.3, 0.4) is 0 Å². The number of aromatic nitrogens is 5. The molecule has 2 heterocycles. The van der Waals surface area contributed by atoms with E-state index in [9.17, 15) is 0 Å². The van der Waals surface area contributed by atoms with E-state index in [0.29, 0.717) is 0 Å². The number of hydrogen-bond acceptors (Lipinski definition) is 6. The van der Waals surface area contributed by atoms with E-state index in [-0.39, 0.29) is 6.04 Å². The van der Waals surface area contributed by atoms with Crippen molar-refractivity contribution < 1.29 is 0 Å². The van der Waals surface area contributed by atoms with Gasteiger partial charge in [0.1, 0.15) is 0 Å². The average Bonchev–Trinajstić information content (AvgIpc) is 3.24. The summed E-state index contributed by atoms with van der Waals surface area (Å²) >= 11 is 1.69. The molecular formula is C15H18N6S. The lowest BCUT2D eigenvalue weighted by molar-refractivity contribution is 0.252. The van der Waals surface area contributed by atoms with Crippen LogP contribution < -0.4 is 0 Å². The van der Waals surface area contributed by atoms with Crippen LogP contribution >= 0.6 is 11.3 Å². The van der Waals surface area contributed by atoms with Gasteiger partial charge in [0.05, 0.1) is 16.7 Å². The standard InChI is InChI=1S/C15H18N6S/c1-12(20(2)10-8-14-16-9-11-22-14)15-17-18-19-21(15)13-6-4-3-5-7-13/h3-7,9,11-12H,8,10H2,1-2H3. The van der Waals surface area contributed by atoms with Crippen LogP contribution in [0.4, 0.5) is 0 Å². The zero-order valence-electron chi connectivity index (χ0n) is 12.6. The molecular weight excluding hydrogens is 296 g/mol. The number of nitrogens with zero attached hydrogens (tertiary/aromatic N) is 6. The van der Waals surface area contributed by atoms with Gasteiger partial charge in [-0.25, -0.2) is 4.98 Å². The first-order valence-corrected chi connectivity index (χ1v) is 8.06. The molecule has 0 amide bonds. The molecule has 0 saturated carbocycles. The second-order valence-corrected chi connectivity index (χ2v) is 6.10. The van der Waals surface area contributed by atoms with Crippen molar-refractivity contribution in [3.05, 3.63) is 52.7 Å². The Labute approximate surface area is 133 Å². The van der Waals surface area contributed by atoms with Crippen LogP contribution in [0.15, 0.2) is 41.9 Å². The van der Waals surface area contributed by atoms with Crippen molar-refractivity contribution in [2.24, 2.45) is 0 Å². The van der Waals surface area contributed by atoms with E-state index in [1.807, 2.05) is 41.9 Å². The summed E-state index contributed by atoms with van der Waals surface area (Å²) in [4.78, 5) is 6.56. The molecule has 1 atom stereocenters. The molecule has 0 aliphatic rings. The summed E-state index contributed by atoms with van der Waals surface area (Å²) in [5, 5.41) is 15.3. The molecule has 0 N–H and O–H groups in total. The van der Waals surface area contributed by atoms with E-state index < -0.39 is 0 Å². The summed E-state index contributed by atoms with van der Waals surface area (Å²) < 4.78 is 1.80. The summed E-state index contributed by atoms with van der Waals surface area (Å²) in [7, 11) is 2.09. The number of rotatable bonds is 6. The molecule has 0 fully saturated rings. The van der Waals surface area contributed by atoms with Crippen molar-refractivity contribution in [2.45, 2.75) is 19.4 Å². The first-order valence-electron chi connectivity index (χ1n) is 7.18. The van der Waals surface area contributed by atoms with Gasteiger partial charge in [0, 0.05) is 24.5 Å². The van der Waals surface area contributed by atoms with Gasteiger partial charge in [0.25, 0.3) is 0 Å². The van der Waals surface area contributed by atoms with E-state index >= 15 is 0 Å². The Hall–Kier alpha value is -2.12. The maximum atomic E-state index is 4.32. The van der Waals surface area contributed by atoms with E-state index in [4.69, 9.17) is 0 Å². The lowest BCUT2D eigenvalue weighted by atomic mass is 10.2. The topological polar surface area (TPSA) is 59.7 Å². The molecule has 0 bridgehead atoms. The van der Waals surface area contributed by atoms with Gasteiger partial charge < -0.3 is 0 Å². The van der Waals surface area contributed by atoms with Crippen LogP contribution in [0.5, 0.6) is 0 Å². The Balaban J connectivity index is 1.72. The van der Waals surface area contributed by atoms with Crippen molar-refractivity contribution in [3.8, 4) is 5.69 Å². The molecule has 22 heavy (non-hydrogen) atoms. The molecule has 114 valence electrons. The summed E-state index contributed by atoms with van der Waals surface area (Å²) in [5.41, 5.74) is 0.975. The summed E-state index contributed by atoms with van der Waals surface area (Å²) in [6, 6.07) is 10.1. The second kappa shape index (κ2) is 6.76. The minimum atomic E-state index is 0.121. The van der Waals surface area contributed by atoms with E-state index in [1.165, 1.54) is 0 Å². The smallest absolute Gasteiger partial charge is 0.173 e. The Morgan fingerprint density at radius 3 is 2.82 bits per heavy atom. The van der Waals surface area contributed by atoms with Gasteiger partial charge >= 0.3 is 0 Å². The maximum absolute atomic E-state index is 4.32. The fourth-order valence-electron chi connectivity index (χ4n) is 2.25. The van der Waals surface area contributed by atoms with Gasteiger partial charge in [0.2, 0.25) is 0 Å². The number of para-hydroxylation sites is 1. The lowest BCUT2D eigenvalue weighted by Gasteiger charge is -2.23. The monoisotopic (exact) mass is 314 g/mol. The molecule has 0 aliphatic heterocycles. The highest BCUT2D eigenvalue weighted by molar-refractivity contribution is 7.09. The third-order valence-electron chi connectivity index (χ3n) is 3.69. The molecule has 3 aromatic rings. The Morgan fingerprint density at radius 1 is 1.27 bits per heavy atom. The first-order chi connectivity index (χ1) is 10.8. The maximum Gasteiger partial charge on any atom is 0.173 e. The highest BCUT2D eigenvalue weighted by atomic mass is 32.1. The van der Waals surface area contributed by atoms with E-state index in [1.54, 1.807) is 16.0 Å². The Bertz CT molecular complexity index is 694. The quantitative estimate of drug-likeness (QED) is 0.699. The summed E-state index contributed by atoms with van der Waals surface area (Å²) in [6.45, 7) is 3.03. The van der Waals surface area contributed by atoms with Crippen molar-refractivity contribution in [2.75, 3.05) is 13.6 Å². The van der Waals surface area contributed by atoms with E-state index in [2.05, 4.69) is 39.4 Å². The highest BCUT2D eigenvalue weighted by Gasteiger charge is 2.19. The molecule has 3 rings (SSSR count). The zero-order chi connectivity index (χ0) is 15.4. The predicted octanol–water partition coefficient (Wildman–Crippen LogP) is 2.35. The molecule has 0 radical (unpaired) electrons. The van der Waals surface area contributed by atoms with Crippen molar-refractivity contribution >= 4 is 11.3 Å². The molecule has 1 aromatic carbocycles. The van der Waals surface area contributed by atoms with E-state index in [0.717, 1.165) is 29.5 Å². The summed E-state index contributed by atoms with van der Waals surface area (Å²) in [5.74, 6) is 0.841. The van der Waals surface area contributed by atoms with Crippen molar-refractivity contribution in [1.82, 2.24) is 30.1 Å². The minimum absolute atomic E-state index is 0.121. The van der Waals surface area contributed by atoms with Crippen LogP contribution in [-0.2, 0) is 6.42 Å². The first kappa shape index (κ1) is 14.8. The van der Waals surface area contributed by atoms with Crippen LogP contribution in [0.2, 0.25) is 0 Å². The average molecular weight is 314 g/mol. The normalized spacial score (nSPS) is 12.7. The molecule has 0 aliphatic carbocycles.